The highest BCUT2D eigenvalue weighted by Crippen LogP contribution is 2.31. The van der Waals surface area contributed by atoms with Crippen molar-refractivity contribution in [2.24, 2.45) is 0 Å². The number of aromatic nitrogens is 2. The summed E-state index contributed by atoms with van der Waals surface area (Å²) in [6.45, 7) is 0. The average Bonchev–Trinajstić information content (AvgIpc) is 2.41. The van der Waals surface area contributed by atoms with E-state index in [1.807, 2.05) is 24.3 Å². The van der Waals surface area contributed by atoms with E-state index in [1.165, 1.54) is 25.1 Å². The Morgan fingerprint density at radius 2 is 2.06 bits per heavy atom. The molecule has 1 heterocycles. The summed E-state index contributed by atoms with van der Waals surface area (Å²) in [5, 5.41) is 0.717. The minimum absolute atomic E-state index is 0.203. The summed E-state index contributed by atoms with van der Waals surface area (Å²) in [7, 11) is 1.31. The highest BCUT2D eigenvalue weighted by molar-refractivity contribution is 9.10. The van der Waals surface area contributed by atoms with Crippen LogP contribution in [0.15, 0.2) is 51.1 Å². The van der Waals surface area contributed by atoms with Crippen LogP contribution in [0, 0.1) is 0 Å². The molecule has 1 aromatic carbocycles. The van der Waals surface area contributed by atoms with Crippen molar-refractivity contribution < 1.29 is 9.53 Å². The van der Waals surface area contributed by atoms with Gasteiger partial charge in [-0.2, -0.15) is 0 Å². The average molecular weight is 325 g/mol. The molecule has 18 heavy (non-hydrogen) atoms. The quantitative estimate of drug-likeness (QED) is 0.811. The fourth-order valence-corrected chi connectivity index (χ4v) is 2.49. The normalized spacial score (nSPS) is 10.1. The molecule has 2 aromatic rings. The topological polar surface area (TPSA) is 52.1 Å². The molecule has 2 rings (SSSR count). The second-order valence-corrected chi connectivity index (χ2v) is 5.18. The smallest absolute Gasteiger partial charge is 0.358 e. The molecule has 0 spiro atoms. The lowest BCUT2D eigenvalue weighted by atomic mass is 10.4. The second kappa shape index (κ2) is 5.97. The number of rotatable bonds is 3. The molecule has 0 atom stereocenters. The van der Waals surface area contributed by atoms with E-state index in [1.54, 1.807) is 6.20 Å². The molecule has 0 radical (unpaired) electrons. The minimum Gasteiger partial charge on any atom is -0.464 e. The fourth-order valence-electron chi connectivity index (χ4n) is 1.22. The minimum atomic E-state index is -0.486. The highest BCUT2D eigenvalue weighted by atomic mass is 79.9. The number of halogens is 1. The van der Waals surface area contributed by atoms with E-state index in [-0.39, 0.29) is 5.69 Å². The molecule has 0 aliphatic heterocycles. The van der Waals surface area contributed by atoms with Gasteiger partial charge < -0.3 is 4.74 Å². The van der Waals surface area contributed by atoms with Gasteiger partial charge in [0.15, 0.2) is 5.69 Å². The summed E-state index contributed by atoms with van der Waals surface area (Å²) in [4.78, 5) is 20.4. The maximum Gasteiger partial charge on any atom is 0.358 e. The Balaban J connectivity index is 2.16. The first-order valence-electron chi connectivity index (χ1n) is 5.03. The van der Waals surface area contributed by atoms with Crippen molar-refractivity contribution in [1.29, 1.82) is 0 Å². The number of nitrogens with zero attached hydrogens (tertiary/aromatic N) is 2. The van der Waals surface area contributed by atoms with Crippen LogP contribution in [-0.4, -0.2) is 23.0 Å². The van der Waals surface area contributed by atoms with E-state index < -0.39 is 5.97 Å². The predicted molar refractivity (Wildman–Crippen MR) is 71.6 cm³/mol. The van der Waals surface area contributed by atoms with E-state index in [2.05, 4.69) is 30.6 Å². The maximum absolute atomic E-state index is 11.2. The van der Waals surface area contributed by atoms with Crippen molar-refractivity contribution >= 4 is 33.7 Å². The van der Waals surface area contributed by atoms with E-state index in [0.29, 0.717) is 0 Å². The number of hydrogen-bond acceptors (Lipinski definition) is 5. The van der Waals surface area contributed by atoms with Gasteiger partial charge in [0.25, 0.3) is 0 Å². The van der Waals surface area contributed by atoms with Crippen LogP contribution in [0.5, 0.6) is 0 Å². The summed E-state index contributed by atoms with van der Waals surface area (Å²) in [5.41, 5.74) is 0.203. The first kappa shape index (κ1) is 13.0. The van der Waals surface area contributed by atoms with Crippen LogP contribution < -0.4 is 0 Å². The number of carbonyl (C=O) groups excluding carboxylic acids is 1. The molecule has 0 amide bonds. The van der Waals surface area contributed by atoms with Gasteiger partial charge in [-0.15, -0.1) is 0 Å². The SMILES string of the molecule is COC(=O)c1cnc(Sc2ccccc2Br)cn1. The number of esters is 1. The molecule has 92 valence electrons. The first-order valence-corrected chi connectivity index (χ1v) is 6.64. The molecule has 0 bridgehead atoms. The molecular formula is C12H9BrN2O2S. The molecule has 4 nitrogen and oxygen atoms in total. The summed E-state index contributed by atoms with van der Waals surface area (Å²) >= 11 is 4.93. The van der Waals surface area contributed by atoms with Crippen molar-refractivity contribution in [3.05, 3.63) is 46.8 Å². The van der Waals surface area contributed by atoms with Crippen LogP contribution in [-0.2, 0) is 4.74 Å². The van der Waals surface area contributed by atoms with Gasteiger partial charge >= 0.3 is 5.97 Å². The number of benzene rings is 1. The van der Waals surface area contributed by atoms with Crippen molar-refractivity contribution in [2.75, 3.05) is 7.11 Å². The third kappa shape index (κ3) is 3.08. The number of hydrogen-bond donors (Lipinski definition) is 0. The van der Waals surface area contributed by atoms with Gasteiger partial charge in [-0.3, -0.25) is 0 Å². The largest absolute Gasteiger partial charge is 0.464 e. The van der Waals surface area contributed by atoms with Gasteiger partial charge in [0.05, 0.1) is 19.5 Å². The summed E-state index contributed by atoms with van der Waals surface area (Å²) in [6.07, 6.45) is 2.96. The Bertz CT molecular complexity index is 560. The molecule has 0 aliphatic carbocycles. The Hall–Kier alpha value is -1.40. The molecule has 1 aromatic heterocycles. The highest BCUT2D eigenvalue weighted by Gasteiger charge is 2.08. The molecule has 0 fully saturated rings. The van der Waals surface area contributed by atoms with Gasteiger partial charge in [0, 0.05) is 9.37 Å². The lowest BCUT2D eigenvalue weighted by molar-refractivity contribution is 0.0593. The lowest BCUT2D eigenvalue weighted by Crippen LogP contribution is -2.04. The van der Waals surface area contributed by atoms with Crippen LogP contribution in [0.3, 0.4) is 0 Å². The van der Waals surface area contributed by atoms with Crippen LogP contribution in [0.25, 0.3) is 0 Å². The summed E-state index contributed by atoms with van der Waals surface area (Å²) in [6, 6.07) is 7.83. The molecule has 0 saturated heterocycles. The Kier molecular flexibility index (Phi) is 4.33. The van der Waals surface area contributed by atoms with Crippen molar-refractivity contribution in [3.63, 3.8) is 0 Å². The van der Waals surface area contributed by atoms with E-state index in [4.69, 9.17) is 0 Å². The third-order valence-electron chi connectivity index (χ3n) is 2.07. The van der Waals surface area contributed by atoms with Crippen LogP contribution in [0.1, 0.15) is 10.5 Å². The standard InChI is InChI=1S/C12H9BrN2O2S/c1-17-12(16)9-6-15-11(7-14-9)18-10-5-3-2-4-8(10)13/h2-7H,1H3. The van der Waals surface area contributed by atoms with Crippen molar-refractivity contribution in [1.82, 2.24) is 9.97 Å². The van der Waals surface area contributed by atoms with Crippen molar-refractivity contribution in [3.8, 4) is 0 Å². The number of methoxy groups -OCH3 is 1. The lowest BCUT2D eigenvalue weighted by Gasteiger charge is -2.03. The van der Waals surface area contributed by atoms with Crippen LogP contribution >= 0.6 is 27.7 Å². The zero-order valence-electron chi connectivity index (χ0n) is 9.46. The zero-order valence-corrected chi connectivity index (χ0v) is 11.9. The van der Waals surface area contributed by atoms with Gasteiger partial charge in [0.1, 0.15) is 5.03 Å². The van der Waals surface area contributed by atoms with Crippen LogP contribution in [0.2, 0.25) is 0 Å². The van der Waals surface area contributed by atoms with E-state index in [0.717, 1.165) is 14.4 Å². The Morgan fingerprint density at radius 3 is 2.67 bits per heavy atom. The van der Waals surface area contributed by atoms with Crippen molar-refractivity contribution in [2.45, 2.75) is 9.92 Å². The number of carbonyl (C=O) groups is 1. The molecule has 0 unspecified atom stereocenters. The van der Waals surface area contributed by atoms with Gasteiger partial charge in [-0.25, -0.2) is 14.8 Å². The van der Waals surface area contributed by atoms with Gasteiger partial charge in [0.2, 0.25) is 0 Å². The molecule has 0 N–H and O–H groups in total. The van der Waals surface area contributed by atoms with E-state index in [9.17, 15) is 4.79 Å². The van der Waals surface area contributed by atoms with Gasteiger partial charge in [-0.05, 0) is 28.1 Å². The Morgan fingerprint density at radius 1 is 1.28 bits per heavy atom. The monoisotopic (exact) mass is 324 g/mol. The second-order valence-electron chi connectivity index (χ2n) is 3.26. The maximum atomic E-state index is 11.2. The predicted octanol–water partition coefficient (Wildman–Crippen LogP) is 3.18. The van der Waals surface area contributed by atoms with Crippen LogP contribution in [0.4, 0.5) is 0 Å². The summed E-state index contributed by atoms with van der Waals surface area (Å²) < 4.78 is 5.55. The van der Waals surface area contributed by atoms with E-state index >= 15 is 0 Å². The molecule has 6 heteroatoms. The molecule has 0 aliphatic rings. The number of ether oxygens (including phenoxy) is 1. The van der Waals surface area contributed by atoms with Gasteiger partial charge in [-0.1, -0.05) is 23.9 Å². The molecule has 0 saturated carbocycles. The molecular weight excluding hydrogens is 316 g/mol. The fraction of sp³-hybridized carbons (Fsp3) is 0.0833. The summed E-state index contributed by atoms with van der Waals surface area (Å²) in [5.74, 6) is -0.486. The third-order valence-corrected chi connectivity index (χ3v) is 4.02. The zero-order chi connectivity index (χ0) is 13.0. The first-order chi connectivity index (χ1) is 8.70. The Labute approximate surface area is 117 Å².